The summed E-state index contributed by atoms with van der Waals surface area (Å²) in [6, 6.07) is 9.15. The largest absolute Gasteiger partial charge is 0.319 e. The number of anilines is 1. The predicted octanol–water partition coefficient (Wildman–Crippen LogP) is 5.26. The summed E-state index contributed by atoms with van der Waals surface area (Å²) < 4.78 is 14.9. The summed E-state index contributed by atoms with van der Waals surface area (Å²) in [4.78, 5) is 12.1. The first-order valence-corrected chi connectivity index (χ1v) is 7.15. The molecular weight excluding hydrogens is 400 g/mol. The Morgan fingerprint density at radius 2 is 1.89 bits per heavy atom. The Balaban J connectivity index is 2.30. The fourth-order valence-corrected chi connectivity index (χ4v) is 2.41. The molecule has 2 aromatic carbocycles. The molecule has 19 heavy (non-hydrogen) atoms. The summed E-state index contributed by atoms with van der Waals surface area (Å²) in [5.74, 6) is -0.960. The van der Waals surface area contributed by atoms with Crippen molar-refractivity contribution in [2.24, 2.45) is 0 Å². The lowest BCUT2D eigenvalue weighted by Crippen LogP contribution is -2.13. The van der Waals surface area contributed by atoms with Gasteiger partial charge < -0.3 is 5.32 Å². The van der Waals surface area contributed by atoms with Gasteiger partial charge in [0.1, 0.15) is 5.82 Å². The fourth-order valence-electron chi connectivity index (χ4n) is 1.45. The fraction of sp³-hybridized carbons (Fsp3) is 0. The lowest BCUT2D eigenvalue weighted by atomic mass is 10.2. The molecule has 0 bridgehead atoms. The minimum absolute atomic E-state index is 0.0457. The van der Waals surface area contributed by atoms with Crippen LogP contribution in [0, 0.1) is 5.82 Å². The second-order valence-corrected chi connectivity index (χ2v) is 5.91. The Labute approximate surface area is 131 Å². The van der Waals surface area contributed by atoms with Gasteiger partial charge in [0, 0.05) is 14.0 Å². The number of hydrogen-bond donors (Lipinski definition) is 1. The van der Waals surface area contributed by atoms with Crippen LogP contribution in [0.4, 0.5) is 10.1 Å². The van der Waals surface area contributed by atoms with Gasteiger partial charge in [-0.15, -0.1) is 0 Å². The van der Waals surface area contributed by atoms with E-state index in [-0.39, 0.29) is 5.69 Å². The average molecular weight is 407 g/mol. The van der Waals surface area contributed by atoms with Crippen LogP contribution in [0.3, 0.4) is 0 Å². The van der Waals surface area contributed by atoms with Crippen molar-refractivity contribution in [2.45, 2.75) is 0 Å². The second kappa shape index (κ2) is 6.03. The van der Waals surface area contributed by atoms with E-state index in [0.717, 1.165) is 4.47 Å². The molecule has 0 aliphatic rings. The highest BCUT2D eigenvalue weighted by Crippen LogP contribution is 2.24. The van der Waals surface area contributed by atoms with Crippen LogP contribution in [-0.2, 0) is 0 Å². The van der Waals surface area contributed by atoms with Gasteiger partial charge in [-0.3, -0.25) is 4.79 Å². The lowest BCUT2D eigenvalue weighted by molar-refractivity contribution is 0.102. The summed E-state index contributed by atoms with van der Waals surface area (Å²) in [7, 11) is 0. The van der Waals surface area contributed by atoms with Crippen LogP contribution in [0.15, 0.2) is 45.3 Å². The zero-order valence-electron chi connectivity index (χ0n) is 9.38. The van der Waals surface area contributed by atoms with Gasteiger partial charge in [0.2, 0.25) is 0 Å². The predicted molar refractivity (Wildman–Crippen MR) is 81.2 cm³/mol. The van der Waals surface area contributed by atoms with Gasteiger partial charge in [-0.05, 0) is 52.3 Å². The highest BCUT2D eigenvalue weighted by molar-refractivity contribution is 9.11. The van der Waals surface area contributed by atoms with E-state index in [9.17, 15) is 9.18 Å². The molecule has 1 amide bonds. The van der Waals surface area contributed by atoms with E-state index >= 15 is 0 Å². The third kappa shape index (κ3) is 3.55. The topological polar surface area (TPSA) is 29.1 Å². The van der Waals surface area contributed by atoms with E-state index in [1.165, 1.54) is 18.2 Å². The third-order valence-electron chi connectivity index (χ3n) is 2.35. The van der Waals surface area contributed by atoms with Gasteiger partial charge in [-0.2, -0.15) is 0 Å². The highest BCUT2D eigenvalue weighted by Gasteiger charge is 2.13. The minimum atomic E-state index is -0.538. The Morgan fingerprint density at radius 3 is 2.63 bits per heavy atom. The van der Waals surface area contributed by atoms with Gasteiger partial charge in [0.05, 0.1) is 11.3 Å². The molecule has 0 heterocycles. The van der Waals surface area contributed by atoms with Gasteiger partial charge in [-0.25, -0.2) is 4.39 Å². The number of hydrogen-bond acceptors (Lipinski definition) is 1. The molecule has 0 aromatic heterocycles. The van der Waals surface area contributed by atoms with Crippen molar-refractivity contribution in [3.63, 3.8) is 0 Å². The molecule has 6 heteroatoms. The average Bonchev–Trinajstić information content (AvgIpc) is 2.36. The smallest absolute Gasteiger partial charge is 0.256 e. The van der Waals surface area contributed by atoms with Crippen LogP contribution in [0.5, 0.6) is 0 Å². The molecule has 0 saturated carbocycles. The summed E-state index contributed by atoms with van der Waals surface area (Å²) >= 11 is 12.3. The van der Waals surface area contributed by atoms with Gasteiger partial charge in [0.15, 0.2) is 0 Å². The quantitative estimate of drug-likeness (QED) is 0.723. The van der Waals surface area contributed by atoms with Crippen molar-refractivity contribution in [3.05, 3.63) is 61.7 Å². The van der Waals surface area contributed by atoms with Crippen LogP contribution in [0.2, 0.25) is 5.02 Å². The first-order chi connectivity index (χ1) is 8.97. The maximum absolute atomic E-state index is 13.5. The van der Waals surface area contributed by atoms with Crippen LogP contribution in [0.1, 0.15) is 10.4 Å². The summed E-state index contributed by atoms with van der Waals surface area (Å²) in [6.45, 7) is 0. The maximum Gasteiger partial charge on any atom is 0.256 e. The third-order valence-corrected chi connectivity index (χ3v) is 3.77. The van der Waals surface area contributed by atoms with Crippen molar-refractivity contribution in [2.75, 3.05) is 5.32 Å². The molecule has 0 saturated heterocycles. The number of amides is 1. The normalized spacial score (nSPS) is 10.3. The van der Waals surface area contributed by atoms with E-state index in [1.807, 2.05) is 0 Å². The minimum Gasteiger partial charge on any atom is -0.319 e. The number of halogens is 4. The van der Waals surface area contributed by atoms with E-state index in [2.05, 4.69) is 37.2 Å². The van der Waals surface area contributed by atoms with Gasteiger partial charge in [-0.1, -0.05) is 27.5 Å². The molecule has 0 atom stereocenters. The lowest BCUT2D eigenvalue weighted by Gasteiger charge is -2.08. The Bertz CT molecular complexity index is 649. The molecule has 98 valence electrons. The SMILES string of the molecule is O=C(Nc1cc(Cl)ccc1F)c1cc(Br)ccc1Br. The van der Waals surface area contributed by atoms with E-state index < -0.39 is 11.7 Å². The molecule has 0 aliphatic carbocycles. The molecule has 0 fully saturated rings. The van der Waals surface area contributed by atoms with Crippen molar-refractivity contribution in [1.82, 2.24) is 0 Å². The second-order valence-electron chi connectivity index (χ2n) is 3.70. The number of rotatable bonds is 2. The zero-order valence-corrected chi connectivity index (χ0v) is 13.3. The number of carbonyl (C=O) groups excluding carboxylic acids is 1. The maximum atomic E-state index is 13.5. The van der Waals surface area contributed by atoms with Crippen molar-refractivity contribution in [1.29, 1.82) is 0 Å². The number of carbonyl (C=O) groups is 1. The van der Waals surface area contributed by atoms with Crippen molar-refractivity contribution in [3.8, 4) is 0 Å². The molecule has 0 unspecified atom stereocenters. The zero-order chi connectivity index (χ0) is 14.0. The van der Waals surface area contributed by atoms with Gasteiger partial charge >= 0.3 is 0 Å². The number of nitrogens with one attached hydrogen (secondary N) is 1. The molecular formula is C13H7Br2ClFNO. The van der Waals surface area contributed by atoms with E-state index in [0.29, 0.717) is 15.1 Å². The van der Waals surface area contributed by atoms with E-state index in [4.69, 9.17) is 11.6 Å². The van der Waals surface area contributed by atoms with E-state index in [1.54, 1.807) is 18.2 Å². The molecule has 0 aliphatic heterocycles. The molecule has 0 spiro atoms. The monoisotopic (exact) mass is 405 g/mol. The molecule has 1 N–H and O–H groups in total. The highest BCUT2D eigenvalue weighted by atomic mass is 79.9. The summed E-state index contributed by atoms with van der Waals surface area (Å²) in [5.41, 5.74) is 0.443. The van der Waals surface area contributed by atoms with Gasteiger partial charge in [0.25, 0.3) is 5.91 Å². The van der Waals surface area contributed by atoms with Crippen LogP contribution in [-0.4, -0.2) is 5.91 Å². The Morgan fingerprint density at radius 1 is 1.16 bits per heavy atom. The van der Waals surface area contributed by atoms with Crippen LogP contribution < -0.4 is 5.32 Å². The summed E-state index contributed by atoms with van der Waals surface area (Å²) in [5, 5.41) is 2.84. The first kappa shape index (κ1) is 14.5. The van der Waals surface area contributed by atoms with Crippen molar-refractivity contribution < 1.29 is 9.18 Å². The van der Waals surface area contributed by atoms with Crippen LogP contribution >= 0.6 is 43.5 Å². The summed E-state index contributed by atoms with van der Waals surface area (Å²) in [6.07, 6.45) is 0. The Kier molecular flexibility index (Phi) is 4.60. The molecule has 2 rings (SSSR count). The molecule has 2 nitrogen and oxygen atoms in total. The standard InChI is InChI=1S/C13H7Br2ClFNO/c14-7-1-3-10(15)9(5-7)13(19)18-12-6-8(16)2-4-11(12)17/h1-6H,(H,18,19). The molecule has 2 aromatic rings. The van der Waals surface area contributed by atoms with Crippen molar-refractivity contribution >= 4 is 55.1 Å². The van der Waals surface area contributed by atoms with Crippen LogP contribution in [0.25, 0.3) is 0 Å². The number of benzene rings is 2. The first-order valence-electron chi connectivity index (χ1n) is 5.19. The molecule has 0 radical (unpaired) electrons. The Hall–Kier alpha value is -0.910.